The molecule has 0 aliphatic carbocycles. The van der Waals surface area contributed by atoms with Gasteiger partial charge < -0.3 is 24.0 Å². The van der Waals surface area contributed by atoms with E-state index in [-0.39, 0.29) is 0 Å². The van der Waals surface area contributed by atoms with Gasteiger partial charge in [0.15, 0.2) is 0 Å². The van der Waals surface area contributed by atoms with Crippen LogP contribution in [0.4, 0.5) is 0 Å². The number of aromatic nitrogens is 2. The van der Waals surface area contributed by atoms with E-state index in [0.717, 1.165) is 11.3 Å². The van der Waals surface area contributed by atoms with Crippen LogP contribution in [0.1, 0.15) is 5.56 Å². The van der Waals surface area contributed by atoms with Crippen molar-refractivity contribution < 1.29 is 0 Å². The van der Waals surface area contributed by atoms with Gasteiger partial charge >= 0.3 is 0 Å². The van der Waals surface area contributed by atoms with Crippen molar-refractivity contribution in [2.75, 3.05) is 0 Å². The van der Waals surface area contributed by atoms with Crippen LogP contribution >= 0.6 is 35.2 Å². The molecule has 0 amide bonds. The molecule has 0 atom stereocenters. The predicted octanol–water partition coefficient (Wildman–Crippen LogP) is 3.53. The molecule has 1 aromatic heterocycles. The molecule has 0 fully saturated rings. The summed E-state index contributed by atoms with van der Waals surface area (Å²) < 4.78 is 2.81. The normalized spacial score (nSPS) is 10.5. The highest BCUT2D eigenvalue weighted by molar-refractivity contribution is 7.74. The lowest BCUT2D eigenvalue weighted by Crippen LogP contribution is -1.96. The molecular weight excluding hydrogens is 268 g/mol. The molecule has 0 unspecified atom stereocenters. The van der Waals surface area contributed by atoms with Gasteiger partial charge in [0, 0.05) is 5.02 Å². The Morgan fingerprint density at radius 3 is 2.80 bits per heavy atom. The van der Waals surface area contributed by atoms with E-state index in [9.17, 15) is 0 Å². The number of nitrogens with zero attached hydrogens (tertiary/aromatic N) is 2. The maximum Gasteiger partial charge on any atom is 0.0904 e. The van der Waals surface area contributed by atoms with Crippen LogP contribution in [0.25, 0.3) is 5.69 Å². The molecule has 2 rings (SSSR count). The fourth-order valence-corrected chi connectivity index (χ4v) is 2.68. The van der Waals surface area contributed by atoms with E-state index in [2.05, 4.69) is 5.10 Å². The topological polar surface area (TPSA) is 17.8 Å². The maximum absolute atomic E-state index is 6.03. The van der Waals surface area contributed by atoms with Crippen LogP contribution < -0.4 is 0 Å². The van der Waals surface area contributed by atoms with E-state index < -0.39 is 0 Å². The van der Waals surface area contributed by atoms with Crippen LogP contribution in [-0.4, -0.2) is 9.78 Å². The van der Waals surface area contributed by atoms with Crippen LogP contribution in [0.15, 0.2) is 22.5 Å². The van der Waals surface area contributed by atoms with E-state index in [1.807, 2.05) is 25.1 Å². The summed E-state index contributed by atoms with van der Waals surface area (Å²) in [4.78, 5) is 0. The van der Waals surface area contributed by atoms with Gasteiger partial charge in [0.1, 0.15) is 0 Å². The van der Waals surface area contributed by atoms with Crippen molar-refractivity contribution in [2.45, 2.75) is 11.3 Å². The summed E-state index contributed by atoms with van der Waals surface area (Å²) in [7, 11) is 0. The second kappa shape index (κ2) is 4.17. The van der Waals surface area contributed by atoms with Crippen molar-refractivity contribution in [2.24, 2.45) is 0 Å². The standard InChI is InChI=1S/C9H7ClN2S3/c1-5-2-3-6(4-7(5)10)12-9(14)15-8(13)11-12/h2-4H,1H3,(H,11,13)/p-1. The summed E-state index contributed by atoms with van der Waals surface area (Å²) in [6.07, 6.45) is 0. The first-order valence-electron chi connectivity index (χ1n) is 4.11. The van der Waals surface area contributed by atoms with Crippen molar-refractivity contribution in [3.05, 3.63) is 32.7 Å². The van der Waals surface area contributed by atoms with Crippen LogP contribution in [0, 0.1) is 10.9 Å². The maximum atomic E-state index is 6.03. The van der Waals surface area contributed by atoms with Gasteiger partial charge in [-0.3, -0.25) is 0 Å². The van der Waals surface area contributed by atoms with Gasteiger partial charge in [-0.25, -0.2) is 4.68 Å². The molecule has 0 saturated heterocycles. The minimum Gasteiger partial charge on any atom is -0.406 e. The highest BCUT2D eigenvalue weighted by Crippen LogP contribution is 2.20. The summed E-state index contributed by atoms with van der Waals surface area (Å²) in [5.74, 6) is 0. The zero-order valence-corrected chi connectivity index (χ0v) is 10.9. The summed E-state index contributed by atoms with van der Waals surface area (Å²) in [5.41, 5.74) is 1.88. The molecule has 6 heteroatoms. The zero-order valence-electron chi connectivity index (χ0n) is 7.73. The second-order valence-corrected chi connectivity index (χ2v) is 5.65. The van der Waals surface area contributed by atoms with Crippen molar-refractivity contribution >= 4 is 47.8 Å². The fourth-order valence-electron chi connectivity index (χ4n) is 1.14. The van der Waals surface area contributed by atoms with Crippen molar-refractivity contribution in [3.63, 3.8) is 0 Å². The van der Waals surface area contributed by atoms with E-state index in [4.69, 9.17) is 36.4 Å². The Balaban J connectivity index is 2.59. The van der Waals surface area contributed by atoms with Crippen molar-refractivity contribution in [3.8, 4) is 5.69 Å². The monoisotopic (exact) mass is 273 g/mol. The molecule has 0 aliphatic rings. The number of aryl methyl sites for hydroxylation is 1. The molecule has 15 heavy (non-hydrogen) atoms. The SMILES string of the molecule is Cc1ccc(-n2nc([S-])sc2=S)cc1Cl. The van der Waals surface area contributed by atoms with E-state index in [1.165, 1.54) is 11.3 Å². The van der Waals surface area contributed by atoms with Gasteiger partial charge in [-0.05, 0) is 29.0 Å². The Bertz CT molecular complexity index is 559. The Kier molecular flexibility index (Phi) is 3.06. The zero-order chi connectivity index (χ0) is 11.0. The molecular formula is C9H6ClN2S3-. The first-order valence-corrected chi connectivity index (χ1v) is 6.13. The molecule has 0 bridgehead atoms. The Morgan fingerprint density at radius 1 is 1.53 bits per heavy atom. The molecule has 0 spiro atoms. The van der Waals surface area contributed by atoms with Gasteiger partial charge in [0.05, 0.1) is 9.64 Å². The van der Waals surface area contributed by atoms with Gasteiger partial charge in [-0.2, -0.15) is 5.10 Å². The fraction of sp³-hybridized carbons (Fsp3) is 0.111. The van der Waals surface area contributed by atoms with Gasteiger partial charge in [0.25, 0.3) is 0 Å². The molecule has 2 nitrogen and oxygen atoms in total. The number of benzene rings is 1. The van der Waals surface area contributed by atoms with Crippen molar-refractivity contribution in [1.82, 2.24) is 9.78 Å². The summed E-state index contributed by atoms with van der Waals surface area (Å²) in [6.45, 7) is 1.95. The minimum absolute atomic E-state index is 0.539. The van der Waals surface area contributed by atoms with Crippen LogP contribution in [0.5, 0.6) is 0 Å². The molecule has 0 N–H and O–H groups in total. The van der Waals surface area contributed by atoms with E-state index in [1.54, 1.807) is 4.68 Å². The smallest absolute Gasteiger partial charge is 0.0904 e. The average Bonchev–Trinajstić information content (AvgIpc) is 2.50. The third-order valence-electron chi connectivity index (χ3n) is 1.93. The quantitative estimate of drug-likeness (QED) is 0.585. The van der Waals surface area contributed by atoms with Crippen molar-refractivity contribution in [1.29, 1.82) is 0 Å². The molecule has 2 aromatic rings. The number of hydrogen-bond donors (Lipinski definition) is 0. The van der Waals surface area contributed by atoms with E-state index in [0.29, 0.717) is 13.3 Å². The van der Waals surface area contributed by atoms with Crippen LogP contribution in [0.3, 0.4) is 0 Å². The predicted molar refractivity (Wildman–Crippen MR) is 67.7 cm³/mol. The minimum atomic E-state index is 0.539. The Morgan fingerprint density at radius 2 is 2.27 bits per heavy atom. The van der Waals surface area contributed by atoms with Gasteiger partial charge in [-0.1, -0.05) is 29.9 Å². The van der Waals surface area contributed by atoms with Gasteiger partial charge in [-0.15, -0.1) is 0 Å². The summed E-state index contributed by atoms with van der Waals surface area (Å²) in [5, 5.41) is 4.84. The molecule has 0 aliphatic heterocycles. The second-order valence-electron chi connectivity index (χ2n) is 2.98. The average molecular weight is 274 g/mol. The Labute approximate surface area is 107 Å². The third-order valence-corrected chi connectivity index (χ3v) is 3.69. The number of halogens is 1. The molecule has 78 valence electrons. The summed E-state index contributed by atoms with van der Waals surface area (Å²) in [6, 6.07) is 5.69. The molecule has 1 heterocycles. The molecule has 0 radical (unpaired) electrons. The lowest BCUT2D eigenvalue weighted by Gasteiger charge is -2.04. The molecule has 0 saturated carbocycles. The van der Waals surface area contributed by atoms with E-state index >= 15 is 0 Å². The van der Waals surface area contributed by atoms with Gasteiger partial charge in [0.2, 0.25) is 0 Å². The summed E-state index contributed by atoms with van der Waals surface area (Å²) >= 11 is 17.4. The third kappa shape index (κ3) is 2.20. The highest BCUT2D eigenvalue weighted by atomic mass is 35.5. The first kappa shape index (κ1) is 11.0. The number of rotatable bonds is 1. The lowest BCUT2D eigenvalue weighted by molar-refractivity contribution is 0.830. The van der Waals surface area contributed by atoms with Crippen LogP contribution in [0.2, 0.25) is 5.02 Å². The Hall–Kier alpha value is -0.490. The first-order chi connectivity index (χ1) is 7.08. The molecule has 1 aromatic carbocycles. The highest BCUT2D eigenvalue weighted by Gasteiger charge is 2.01. The van der Waals surface area contributed by atoms with Crippen LogP contribution in [-0.2, 0) is 12.6 Å². The number of hydrogen-bond acceptors (Lipinski definition) is 4. The lowest BCUT2D eigenvalue weighted by atomic mass is 10.2. The largest absolute Gasteiger partial charge is 0.406 e.